The van der Waals surface area contributed by atoms with Crippen LogP contribution in [-0.2, 0) is 11.3 Å². The molecule has 0 bridgehead atoms. The van der Waals surface area contributed by atoms with Crippen LogP contribution in [0.15, 0.2) is 30.5 Å². The van der Waals surface area contributed by atoms with E-state index in [1.54, 1.807) is 0 Å². The summed E-state index contributed by atoms with van der Waals surface area (Å²) in [5.41, 5.74) is 1.45. The maximum absolute atomic E-state index is 12.2. The molecule has 0 fully saturated rings. The van der Waals surface area contributed by atoms with Crippen LogP contribution in [0.3, 0.4) is 0 Å². The molecule has 5 heteroatoms. The number of benzene rings is 1. The quantitative estimate of drug-likeness (QED) is 0.910. The van der Waals surface area contributed by atoms with E-state index in [0.717, 1.165) is 16.5 Å². The number of aromatic amines is 1. The van der Waals surface area contributed by atoms with Gasteiger partial charge in [0.1, 0.15) is 5.60 Å². The van der Waals surface area contributed by atoms with Crippen LogP contribution < -0.4 is 0 Å². The monoisotopic (exact) mass is 290 g/mol. The van der Waals surface area contributed by atoms with Crippen molar-refractivity contribution in [3.63, 3.8) is 0 Å². The zero-order valence-electron chi connectivity index (χ0n) is 12.7. The van der Waals surface area contributed by atoms with Gasteiger partial charge in [0, 0.05) is 12.7 Å². The molecule has 21 heavy (non-hydrogen) atoms. The van der Waals surface area contributed by atoms with Gasteiger partial charge in [-0.1, -0.05) is 18.2 Å². The summed E-state index contributed by atoms with van der Waals surface area (Å²) in [7, 11) is 0. The van der Waals surface area contributed by atoms with Crippen LogP contribution in [0.25, 0.3) is 10.9 Å². The van der Waals surface area contributed by atoms with Crippen molar-refractivity contribution in [2.75, 3.05) is 13.2 Å². The van der Waals surface area contributed by atoms with E-state index < -0.39 is 11.7 Å². The molecule has 1 heterocycles. The minimum absolute atomic E-state index is 0.0973. The van der Waals surface area contributed by atoms with Gasteiger partial charge in [-0.15, -0.1) is 0 Å². The largest absolute Gasteiger partial charge is 0.444 e. The fraction of sp³-hybridized carbons (Fsp3) is 0.438. The molecule has 0 unspecified atom stereocenters. The van der Waals surface area contributed by atoms with Crippen LogP contribution in [0.5, 0.6) is 0 Å². The number of ether oxygens (including phenoxy) is 1. The molecule has 0 aliphatic heterocycles. The lowest BCUT2D eigenvalue weighted by Gasteiger charge is -2.27. The molecule has 1 aromatic heterocycles. The summed E-state index contributed by atoms with van der Waals surface area (Å²) in [6.45, 7) is 6.02. The second-order valence-corrected chi connectivity index (χ2v) is 5.98. The lowest BCUT2D eigenvalue weighted by atomic mass is 10.1. The Hall–Kier alpha value is -2.01. The molecule has 0 spiro atoms. The summed E-state index contributed by atoms with van der Waals surface area (Å²) in [6.07, 6.45) is 1.46. The van der Waals surface area contributed by atoms with Crippen molar-refractivity contribution in [1.82, 2.24) is 9.88 Å². The first kappa shape index (κ1) is 15.4. The Kier molecular flexibility index (Phi) is 4.53. The number of aliphatic hydroxyl groups excluding tert-OH is 1. The van der Waals surface area contributed by atoms with E-state index in [1.807, 2.05) is 51.2 Å². The second-order valence-electron chi connectivity index (χ2n) is 5.98. The molecule has 2 N–H and O–H groups in total. The van der Waals surface area contributed by atoms with Crippen LogP contribution in [0.2, 0.25) is 0 Å². The highest BCUT2D eigenvalue weighted by Gasteiger charge is 2.22. The number of carbonyl (C=O) groups excluding carboxylic acids is 1. The van der Waals surface area contributed by atoms with Gasteiger partial charge in [0.25, 0.3) is 0 Å². The third-order valence-corrected chi connectivity index (χ3v) is 3.06. The van der Waals surface area contributed by atoms with E-state index in [-0.39, 0.29) is 13.2 Å². The van der Waals surface area contributed by atoms with Crippen molar-refractivity contribution < 1.29 is 14.6 Å². The number of hydrogen-bond donors (Lipinski definition) is 2. The Morgan fingerprint density at radius 2 is 2.10 bits per heavy atom. The first-order valence-electron chi connectivity index (χ1n) is 7.04. The number of amides is 1. The molecular weight excluding hydrogens is 268 g/mol. The minimum atomic E-state index is -0.552. The Balaban J connectivity index is 2.19. The number of para-hydroxylation sites is 1. The number of carbonyl (C=O) groups is 1. The summed E-state index contributed by atoms with van der Waals surface area (Å²) in [5, 5.41) is 10.3. The van der Waals surface area contributed by atoms with Crippen LogP contribution in [0, 0.1) is 0 Å². The number of rotatable bonds is 4. The zero-order valence-corrected chi connectivity index (χ0v) is 12.7. The number of fused-ring (bicyclic) bond motifs is 1. The number of nitrogens with one attached hydrogen (secondary N) is 1. The predicted octanol–water partition coefficient (Wildman–Crippen LogP) is 2.90. The molecule has 2 rings (SSSR count). The summed E-state index contributed by atoms with van der Waals surface area (Å²) in [4.78, 5) is 16.9. The van der Waals surface area contributed by atoms with Crippen LogP contribution >= 0.6 is 0 Å². The second kappa shape index (κ2) is 6.18. The van der Waals surface area contributed by atoms with Gasteiger partial charge in [0.15, 0.2) is 0 Å². The molecule has 0 saturated heterocycles. The zero-order chi connectivity index (χ0) is 15.5. The van der Waals surface area contributed by atoms with Gasteiger partial charge in [-0.05, 0) is 37.8 Å². The van der Waals surface area contributed by atoms with Crippen molar-refractivity contribution in [2.24, 2.45) is 0 Å². The Morgan fingerprint density at radius 1 is 1.33 bits per heavy atom. The fourth-order valence-corrected chi connectivity index (χ4v) is 2.17. The molecule has 0 radical (unpaired) electrons. The molecule has 0 aliphatic carbocycles. The van der Waals surface area contributed by atoms with Crippen LogP contribution in [0.4, 0.5) is 4.79 Å². The molecule has 1 amide bonds. The lowest BCUT2D eigenvalue weighted by Crippen LogP contribution is -2.38. The van der Waals surface area contributed by atoms with Gasteiger partial charge in [-0.25, -0.2) is 4.79 Å². The maximum atomic E-state index is 12.2. The number of nitrogens with zero attached hydrogens (tertiary/aromatic N) is 1. The predicted molar refractivity (Wildman–Crippen MR) is 82.0 cm³/mol. The fourth-order valence-electron chi connectivity index (χ4n) is 2.17. The first-order valence-corrected chi connectivity index (χ1v) is 7.04. The normalized spacial score (nSPS) is 11.6. The highest BCUT2D eigenvalue weighted by molar-refractivity contribution is 5.82. The molecular formula is C16H22N2O3. The van der Waals surface area contributed by atoms with E-state index in [4.69, 9.17) is 4.74 Å². The molecule has 114 valence electrons. The van der Waals surface area contributed by atoms with E-state index in [9.17, 15) is 9.90 Å². The van der Waals surface area contributed by atoms with Crippen molar-refractivity contribution in [3.8, 4) is 0 Å². The van der Waals surface area contributed by atoms with Gasteiger partial charge in [-0.2, -0.15) is 0 Å². The lowest BCUT2D eigenvalue weighted by molar-refractivity contribution is 0.0202. The standard InChI is InChI=1S/C16H22N2O3/c1-16(2,3)21-15(20)18(9-10-19)11-13-6-4-5-12-7-8-17-14(12)13/h4-8,17,19H,9-11H2,1-3H3. The Morgan fingerprint density at radius 3 is 2.76 bits per heavy atom. The van der Waals surface area contributed by atoms with Gasteiger partial charge in [0.2, 0.25) is 0 Å². The third kappa shape index (κ3) is 3.98. The number of aliphatic hydroxyl groups is 1. The van der Waals surface area contributed by atoms with Gasteiger partial charge in [0.05, 0.1) is 18.7 Å². The van der Waals surface area contributed by atoms with Crippen molar-refractivity contribution in [2.45, 2.75) is 32.9 Å². The van der Waals surface area contributed by atoms with Gasteiger partial charge in [-0.3, -0.25) is 0 Å². The Labute approximate surface area is 124 Å². The first-order chi connectivity index (χ1) is 9.90. The maximum Gasteiger partial charge on any atom is 0.410 e. The number of H-pyrrole nitrogens is 1. The number of hydrogen-bond acceptors (Lipinski definition) is 3. The van der Waals surface area contributed by atoms with Crippen LogP contribution in [-0.4, -0.2) is 39.8 Å². The SMILES string of the molecule is CC(C)(C)OC(=O)N(CCO)Cc1cccc2cc[nH]c12. The van der Waals surface area contributed by atoms with Crippen molar-refractivity contribution in [3.05, 3.63) is 36.0 Å². The average molecular weight is 290 g/mol. The molecule has 1 aromatic carbocycles. The smallest absolute Gasteiger partial charge is 0.410 e. The molecule has 0 saturated carbocycles. The van der Waals surface area contributed by atoms with Crippen molar-refractivity contribution in [1.29, 1.82) is 0 Å². The van der Waals surface area contributed by atoms with E-state index in [0.29, 0.717) is 6.54 Å². The van der Waals surface area contributed by atoms with Gasteiger partial charge < -0.3 is 19.7 Å². The topological polar surface area (TPSA) is 65.6 Å². The van der Waals surface area contributed by atoms with E-state index in [2.05, 4.69) is 4.98 Å². The molecule has 0 aliphatic rings. The average Bonchev–Trinajstić information content (AvgIpc) is 2.85. The highest BCUT2D eigenvalue weighted by atomic mass is 16.6. The van der Waals surface area contributed by atoms with Crippen molar-refractivity contribution >= 4 is 17.0 Å². The van der Waals surface area contributed by atoms with Crippen LogP contribution in [0.1, 0.15) is 26.3 Å². The highest BCUT2D eigenvalue weighted by Crippen LogP contribution is 2.19. The third-order valence-electron chi connectivity index (χ3n) is 3.06. The summed E-state index contributed by atoms with van der Waals surface area (Å²) < 4.78 is 5.38. The minimum Gasteiger partial charge on any atom is -0.444 e. The Bertz CT molecular complexity index is 613. The summed E-state index contributed by atoms with van der Waals surface area (Å²) >= 11 is 0. The summed E-state index contributed by atoms with van der Waals surface area (Å²) in [5.74, 6) is 0. The number of aromatic nitrogens is 1. The summed E-state index contributed by atoms with van der Waals surface area (Å²) in [6, 6.07) is 7.92. The molecule has 0 atom stereocenters. The molecule has 2 aromatic rings. The van der Waals surface area contributed by atoms with Gasteiger partial charge >= 0.3 is 6.09 Å². The van der Waals surface area contributed by atoms with E-state index >= 15 is 0 Å². The van der Waals surface area contributed by atoms with E-state index in [1.165, 1.54) is 4.90 Å². The molecule has 5 nitrogen and oxygen atoms in total.